The Balaban J connectivity index is 1.08. The van der Waals surface area contributed by atoms with Gasteiger partial charge in [0.2, 0.25) is 0 Å². The molecule has 8 heteroatoms. The van der Waals surface area contributed by atoms with Gasteiger partial charge >= 0.3 is 0 Å². The van der Waals surface area contributed by atoms with E-state index in [-0.39, 0.29) is 11.8 Å². The van der Waals surface area contributed by atoms with E-state index >= 15 is 0 Å². The molecule has 0 atom stereocenters. The molecular formula is C22H22N4O3S. The van der Waals surface area contributed by atoms with Gasteiger partial charge in [0.1, 0.15) is 5.82 Å². The van der Waals surface area contributed by atoms with Gasteiger partial charge in [-0.05, 0) is 42.2 Å². The minimum absolute atomic E-state index is 0.336. The maximum absolute atomic E-state index is 12.3. The predicted molar refractivity (Wildman–Crippen MR) is 116 cm³/mol. The molecule has 154 valence electrons. The van der Waals surface area contributed by atoms with Gasteiger partial charge in [-0.15, -0.1) is 5.06 Å². The van der Waals surface area contributed by atoms with Gasteiger partial charge in [0.15, 0.2) is 0 Å². The van der Waals surface area contributed by atoms with Crippen LogP contribution in [0.2, 0.25) is 0 Å². The van der Waals surface area contributed by atoms with Crippen molar-refractivity contribution in [2.24, 2.45) is 0 Å². The van der Waals surface area contributed by atoms with Crippen LogP contribution in [0.4, 0.5) is 5.82 Å². The predicted octanol–water partition coefficient (Wildman–Crippen LogP) is 3.04. The number of benzene rings is 2. The van der Waals surface area contributed by atoms with E-state index in [0.29, 0.717) is 17.7 Å². The Bertz CT molecular complexity index is 1060. The second-order valence-electron chi connectivity index (χ2n) is 7.47. The van der Waals surface area contributed by atoms with Gasteiger partial charge in [0, 0.05) is 38.1 Å². The molecule has 7 nitrogen and oxygen atoms in total. The molecule has 3 aromatic rings. The van der Waals surface area contributed by atoms with Gasteiger partial charge in [0.25, 0.3) is 11.8 Å². The Morgan fingerprint density at radius 2 is 1.57 bits per heavy atom. The molecule has 0 saturated carbocycles. The largest absolute Gasteiger partial charge is 0.353 e. The topological polar surface area (TPSA) is 66.0 Å². The van der Waals surface area contributed by atoms with Crippen molar-refractivity contribution < 1.29 is 14.4 Å². The lowest BCUT2D eigenvalue weighted by Gasteiger charge is -2.35. The molecular weight excluding hydrogens is 400 g/mol. The number of carbonyl (C=O) groups excluding carboxylic acids is 2. The number of aromatic nitrogens is 1. The lowest BCUT2D eigenvalue weighted by Crippen LogP contribution is -2.47. The smallest absolute Gasteiger partial charge is 0.285 e. The summed E-state index contributed by atoms with van der Waals surface area (Å²) in [5.74, 6) is 0.337. The van der Waals surface area contributed by atoms with Crippen LogP contribution >= 0.6 is 11.5 Å². The number of hydroxylamine groups is 2. The van der Waals surface area contributed by atoms with Crippen molar-refractivity contribution >= 4 is 39.3 Å². The normalized spacial score (nSPS) is 17.2. The summed E-state index contributed by atoms with van der Waals surface area (Å²) < 4.78 is 5.88. The van der Waals surface area contributed by atoms with Crippen molar-refractivity contribution in [2.75, 3.05) is 44.2 Å². The second-order valence-corrected chi connectivity index (χ2v) is 8.27. The molecule has 0 unspecified atom stereocenters. The Morgan fingerprint density at radius 1 is 0.900 bits per heavy atom. The summed E-state index contributed by atoms with van der Waals surface area (Å²) >= 11 is 1.55. The van der Waals surface area contributed by atoms with Gasteiger partial charge in [-0.3, -0.25) is 19.3 Å². The van der Waals surface area contributed by atoms with E-state index in [1.807, 2.05) is 6.07 Å². The molecule has 5 rings (SSSR count). The molecule has 30 heavy (non-hydrogen) atoms. The zero-order chi connectivity index (χ0) is 20.5. The molecule has 2 aliphatic rings. The maximum Gasteiger partial charge on any atom is 0.285 e. The fourth-order valence-electron chi connectivity index (χ4n) is 4.01. The monoisotopic (exact) mass is 422 g/mol. The lowest BCUT2D eigenvalue weighted by atomic mass is 10.1. The molecule has 0 bridgehead atoms. The summed E-state index contributed by atoms with van der Waals surface area (Å²) in [6, 6.07) is 15.2. The average molecular weight is 423 g/mol. The molecule has 0 N–H and O–H groups in total. The second kappa shape index (κ2) is 8.14. The van der Waals surface area contributed by atoms with Crippen molar-refractivity contribution in [3.8, 4) is 0 Å². The standard InChI is InChI=1S/C22H22N4O3S/c27-21-16-6-1-2-7-17(16)22(28)26(21)29-15-5-10-24-11-13-25(14-12-24)20-18-8-3-4-9-19(18)30-23-20/h1-4,6-9H,5,10-15H2. The van der Waals surface area contributed by atoms with E-state index in [2.05, 4.69) is 32.4 Å². The fourth-order valence-corrected chi connectivity index (χ4v) is 4.81. The van der Waals surface area contributed by atoms with Crippen LogP contribution in [0.1, 0.15) is 27.1 Å². The molecule has 0 radical (unpaired) electrons. The number of rotatable bonds is 6. The number of fused-ring (bicyclic) bond motifs is 2. The van der Waals surface area contributed by atoms with E-state index in [4.69, 9.17) is 4.84 Å². The number of amides is 2. The van der Waals surface area contributed by atoms with Crippen molar-refractivity contribution in [3.63, 3.8) is 0 Å². The summed E-state index contributed by atoms with van der Waals surface area (Å²) in [5.41, 5.74) is 0.821. The SMILES string of the molecule is O=C1c2ccccc2C(=O)N1OCCCN1CCN(c2nsc3ccccc23)CC1. The van der Waals surface area contributed by atoms with Gasteiger partial charge < -0.3 is 4.90 Å². The van der Waals surface area contributed by atoms with Crippen LogP contribution < -0.4 is 4.90 Å². The Hall–Kier alpha value is -2.81. The number of hydrogen-bond acceptors (Lipinski definition) is 7. The zero-order valence-corrected chi connectivity index (χ0v) is 17.3. The first-order valence-electron chi connectivity index (χ1n) is 10.1. The van der Waals surface area contributed by atoms with Crippen molar-refractivity contribution in [1.82, 2.24) is 14.3 Å². The van der Waals surface area contributed by atoms with Crippen LogP contribution in [0.3, 0.4) is 0 Å². The molecule has 1 fully saturated rings. The van der Waals surface area contributed by atoms with E-state index in [1.54, 1.807) is 35.8 Å². The maximum atomic E-state index is 12.3. The fraction of sp³-hybridized carbons (Fsp3) is 0.318. The van der Waals surface area contributed by atoms with E-state index < -0.39 is 0 Å². The number of anilines is 1. The molecule has 2 amide bonds. The van der Waals surface area contributed by atoms with E-state index in [0.717, 1.165) is 50.0 Å². The first-order chi connectivity index (χ1) is 14.7. The van der Waals surface area contributed by atoms with Gasteiger partial charge in [-0.25, -0.2) is 0 Å². The molecule has 1 saturated heterocycles. The van der Waals surface area contributed by atoms with E-state index in [1.165, 1.54) is 10.1 Å². The molecule has 0 aliphatic carbocycles. The Labute approximate surface area is 178 Å². The van der Waals surface area contributed by atoms with E-state index in [9.17, 15) is 9.59 Å². The van der Waals surface area contributed by atoms with Gasteiger partial charge in [-0.2, -0.15) is 4.37 Å². The third-order valence-electron chi connectivity index (χ3n) is 5.63. The third-order valence-corrected chi connectivity index (χ3v) is 6.44. The first kappa shape index (κ1) is 19.2. The van der Waals surface area contributed by atoms with Crippen LogP contribution in [-0.4, -0.2) is 65.5 Å². The minimum Gasteiger partial charge on any atom is -0.353 e. The highest BCUT2D eigenvalue weighted by atomic mass is 32.1. The summed E-state index contributed by atoms with van der Waals surface area (Å²) in [6.45, 7) is 4.99. The minimum atomic E-state index is -0.375. The number of nitrogens with zero attached hydrogens (tertiary/aromatic N) is 4. The van der Waals surface area contributed by atoms with Gasteiger partial charge in [-0.1, -0.05) is 24.3 Å². The van der Waals surface area contributed by atoms with Gasteiger partial charge in [0.05, 0.1) is 22.4 Å². The summed E-state index contributed by atoms with van der Waals surface area (Å²) in [6.07, 6.45) is 0.757. The number of hydrogen-bond donors (Lipinski definition) is 0. The van der Waals surface area contributed by atoms with Crippen molar-refractivity contribution in [1.29, 1.82) is 0 Å². The average Bonchev–Trinajstić information content (AvgIpc) is 3.32. The van der Waals surface area contributed by atoms with Crippen molar-refractivity contribution in [3.05, 3.63) is 59.7 Å². The molecule has 1 aromatic heterocycles. The lowest BCUT2D eigenvalue weighted by molar-refractivity contribution is -0.0930. The van der Waals surface area contributed by atoms with Crippen LogP contribution in [0, 0.1) is 0 Å². The quantitative estimate of drug-likeness (QED) is 0.449. The Morgan fingerprint density at radius 3 is 2.30 bits per heavy atom. The van der Waals surface area contributed by atoms with Crippen LogP contribution in [0.25, 0.3) is 10.1 Å². The van der Waals surface area contributed by atoms with Crippen LogP contribution in [-0.2, 0) is 4.84 Å². The molecule has 2 aromatic carbocycles. The third kappa shape index (κ3) is 3.47. The molecule has 2 aliphatic heterocycles. The highest BCUT2D eigenvalue weighted by Crippen LogP contribution is 2.29. The number of imide groups is 1. The summed E-state index contributed by atoms with van der Waals surface area (Å²) in [5, 5.41) is 2.13. The first-order valence-corrected chi connectivity index (χ1v) is 10.9. The number of carbonyl (C=O) groups is 2. The highest BCUT2D eigenvalue weighted by Gasteiger charge is 2.36. The summed E-state index contributed by atoms with van der Waals surface area (Å²) in [7, 11) is 0. The molecule has 0 spiro atoms. The highest BCUT2D eigenvalue weighted by molar-refractivity contribution is 7.13. The van der Waals surface area contributed by atoms with Crippen LogP contribution in [0.15, 0.2) is 48.5 Å². The van der Waals surface area contributed by atoms with Crippen LogP contribution in [0.5, 0.6) is 0 Å². The van der Waals surface area contributed by atoms with Crippen molar-refractivity contribution in [2.45, 2.75) is 6.42 Å². The zero-order valence-electron chi connectivity index (χ0n) is 16.5. The number of piperazine rings is 1. The Kier molecular flexibility index (Phi) is 5.20. The molecule has 3 heterocycles. The summed E-state index contributed by atoms with van der Waals surface area (Å²) in [4.78, 5) is 34.9.